The Morgan fingerprint density at radius 2 is 2.44 bits per heavy atom. The summed E-state index contributed by atoms with van der Waals surface area (Å²) in [5, 5.41) is 0.770. The lowest BCUT2D eigenvalue weighted by Crippen LogP contribution is -1.96. The third-order valence-electron chi connectivity index (χ3n) is 1.46. The minimum Gasteiger partial charge on any atom is -0.466 e. The summed E-state index contributed by atoms with van der Waals surface area (Å²) in [5.74, 6) is 0.459. The molecule has 2 N–H and O–H groups in total. The van der Waals surface area contributed by atoms with Crippen LogP contribution in [0.15, 0.2) is 23.4 Å². The monoisotopic (exact) mass is 259 g/mol. The van der Waals surface area contributed by atoms with Crippen LogP contribution in [0.5, 0.6) is 0 Å². The van der Waals surface area contributed by atoms with E-state index < -0.39 is 5.97 Å². The van der Waals surface area contributed by atoms with Crippen LogP contribution < -0.4 is 5.73 Å². The molecule has 0 spiro atoms. The molecule has 0 unspecified atom stereocenters. The summed E-state index contributed by atoms with van der Waals surface area (Å²) < 4.78 is 4.43. The van der Waals surface area contributed by atoms with Crippen LogP contribution in [0, 0.1) is 0 Å². The molecule has 0 aliphatic heterocycles. The maximum Gasteiger partial charge on any atom is 0.330 e. The molecule has 0 saturated carbocycles. The van der Waals surface area contributed by atoms with Gasteiger partial charge >= 0.3 is 5.97 Å². The van der Waals surface area contributed by atoms with Gasteiger partial charge in [-0.3, -0.25) is 0 Å². The van der Waals surface area contributed by atoms with E-state index in [9.17, 15) is 4.79 Å². The Labute approximate surface area is 102 Å². The van der Waals surface area contributed by atoms with Gasteiger partial charge in [0.25, 0.3) is 0 Å². The molecule has 86 valence electrons. The molecule has 0 atom stereocenters. The van der Waals surface area contributed by atoms with E-state index in [2.05, 4.69) is 14.7 Å². The molecule has 0 saturated heterocycles. The Morgan fingerprint density at radius 3 is 3.06 bits per heavy atom. The Kier molecular flexibility index (Phi) is 5.07. The lowest BCUT2D eigenvalue weighted by Gasteiger charge is -1.99. The van der Waals surface area contributed by atoms with Crippen LogP contribution in [0.1, 0.15) is 0 Å². The fourth-order valence-electron chi connectivity index (χ4n) is 0.813. The number of thioether (sulfide) groups is 1. The molecule has 0 fully saturated rings. The van der Waals surface area contributed by atoms with E-state index >= 15 is 0 Å². The molecule has 1 aromatic rings. The van der Waals surface area contributed by atoms with Gasteiger partial charge in [-0.1, -0.05) is 29.4 Å². The first-order valence-corrected chi connectivity index (χ1v) is 5.65. The molecule has 16 heavy (non-hydrogen) atoms. The van der Waals surface area contributed by atoms with Gasteiger partial charge in [-0.05, 0) is 0 Å². The fraction of sp³-hybridized carbons (Fsp3) is 0.222. The lowest BCUT2D eigenvalue weighted by molar-refractivity contribution is -0.134. The average Bonchev–Trinajstić information content (AvgIpc) is 2.22. The van der Waals surface area contributed by atoms with Crippen molar-refractivity contribution in [1.82, 2.24) is 9.97 Å². The van der Waals surface area contributed by atoms with E-state index in [-0.39, 0.29) is 0 Å². The van der Waals surface area contributed by atoms with Crippen molar-refractivity contribution in [2.45, 2.75) is 5.16 Å². The molecule has 1 aromatic heterocycles. The predicted molar refractivity (Wildman–Crippen MR) is 63.3 cm³/mol. The van der Waals surface area contributed by atoms with Crippen molar-refractivity contribution in [2.75, 3.05) is 18.6 Å². The van der Waals surface area contributed by atoms with Crippen LogP contribution in [0.25, 0.3) is 0 Å². The number of carbonyl (C=O) groups excluding carboxylic acids is 1. The second-order valence-electron chi connectivity index (χ2n) is 2.63. The zero-order chi connectivity index (χ0) is 12.0. The van der Waals surface area contributed by atoms with Crippen LogP contribution in [0.3, 0.4) is 0 Å². The Hall–Kier alpha value is -1.27. The number of halogens is 1. The highest BCUT2D eigenvalue weighted by atomic mass is 35.5. The van der Waals surface area contributed by atoms with E-state index in [1.54, 1.807) is 6.08 Å². The second-order valence-corrected chi connectivity index (χ2v) is 4.01. The first kappa shape index (κ1) is 12.8. The zero-order valence-corrected chi connectivity index (χ0v) is 10.1. The topological polar surface area (TPSA) is 78.1 Å². The highest BCUT2D eigenvalue weighted by molar-refractivity contribution is 7.99. The van der Waals surface area contributed by atoms with E-state index in [0.29, 0.717) is 21.9 Å². The number of carbonyl (C=O) groups is 1. The smallest absolute Gasteiger partial charge is 0.330 e. The van der Waals surface area contributed by atoms with Gasteiger partial charge in [-0.25, -0.2) is 14.8 Å². The minimum absolute atomic E-state index is 0.298. The molecule has 0 aliphatic carbocycles. The quantitative estimate of drug-likeness (QED) is 0.290. The van der Waals surface area contributed by atoms with Gasteiger partial charge in [0.15, 0.2) is 5.16 Å². The third kappa shape index (κ3) is 4.50. The summed E-state index contributed by atoms with van der Waals surface area (Å²) in [5.41, 5.74) is 5.49. The van der Waals surface area contributed by atoms with Crippen LogP contribution in [-0.2, 0) is 9.53 Å². The van der Waals surface area contributed by atoms with Gasteiger partial charge in [0.1, 0.15) is 11.0 Å². The number of hydrogen-bond donors (Lipinski definition) is 1. The van der Waals surface area contributed by atoms with Crippen LogP contribution in [0.4, 0.5) is 5.82 Å². The summed E-state index contributed by atoms with van der Waals surface area (Å²) in [4.78, 5) is 18.7. The SMILES string of the molecule is COC(=O)C=CCSc1nc(N)cc(Cl)n1. The van der Waals surface area contributed by atoms with Crippen molar-refractivity contribution in [2.24, 2.45) is 0 Å². The summed E-state index contributed by atoms with van der Waals surface area (Å²) in [6.07, 6.45) is 2.98. The van der Waals surface area contributed by atoms with E-state index in [4.69, 9.17) is 17.3 Å². The molecule has 5 nitrogen and oxygen atoms in total. The van der Waals surface area contributed by atoms with Gasteiger partial charge in [0, 0.05) is 17.9 Å². The summed E-state index contributed by atoms with van der Waals surface area (Å²) >= 11 is 7.02. The number of rotatable bonds is 4. The molecular weight excluding hydrogens is 250 g/mol. The number of aromatic nitrogens is 2. The van der Waals surface area contributed by atoms with Crippen molar-refractivity contribution in [3.63, 3.8) is 0 Å². The largest absolute Gasteiger partial charge is 0.466 e. The average molecular weight is 260 g/mol. The molecule has 1 rings (SSSR count). The molecule has 0 aromatic carbocycles. The van der Waals surface area contributed by atoms with Gasteiger partial charge in [-0.2, -0.15) is 0 Å². The summed E-state index contributed by atoms with van der Waals surface area (Å²) in [6.45, 7) is 0. The maximum absolute atomic E-state index is 10.7. The first-order valence-electron chi connectivity index (χ1n) is 4.29. The number of methoxy groups -OCH3 is 1. The van der Waals surface area contributed by atoms with Crippen LogP contribution >= 0.6 is 23.4 Å². The second kappa shape index (κ2) is 6.34. The maximum atomic E-state index is 10.7. The van der Waals surface area contributed by atoms with Crippen molar-refractivity contribution in [3.8, 4) is 0 Å². The van der Waals surface area contributed by atoms with Gasteiger partial charge in [-0.15, -0.1) is 0 Å². The van der Waals surface area contributed by atoms with Crippen molar-refractivity contribution in [3.05, 3.63) is 23.4 Å². The molecule has 0 radical (unpaired) electrons. The zero-order valence-electron chi connectivity index (χ0n) is 8.51. The first-order chi connectivity index (χ1) is 7.61. The number of esters is 1. The van der Waals surface area contributed by atoms with E-state index in [1.165, 1.54) is 31.0 Å². The Morgan fingerprint density at radius 1 is 1.69 bits per heavy atom. The number of nitrogen functional groups attached to an aromatic ring is 1. The standard InChI is InChI=1S/C9H10ClN3O2S/c1-15-8(14)3-2-4-16-9-12-6(10)5-7(11)13-9/h2-3,5H,4H2,1H3,(H2,11,12,13). The van der Waals surface area contributed by atoms with Gasteiger partial charge < -0.3 is 10.5 Å². The van der Waals surface area contributed by atoms with E-state index in [0.717, 1.165) is 0 Å². The molecular formula is C9H10ClN3O2S. The van der Waals surface area contributed by atoms with Crippen molar-refractivity contribution >= 4 is 35.1 Å². The molecule has 0 amide bonds. The molecule has 0 bridgehead atoms. The highest BCUT2D eigenvalue weighted by Gasteiger charge is 2.00. The molecule has 1 heterocycles. The third-order valence-corrected chi connectivity index (χ3v) is 2.45. The molecule has 0 aliphatic rings. The Balaban J connectivity index is 2.49. The minimum atomic E-state index is -0.396. The van der Waals surface area contributed by atoms with Gasteiger partial charge in [0.2, 0.25) is 0 Å². The number of ether oxygens (including phenoxy) is 1. The number of nitrogens with two attached hydrogens (primary N) is 1. The number of hydrogen-bond acceptors (Lipinski definition) is 6. The summed E-state index contributed by atoms with van der Waals surface area (Å²) in [7, 11) is 1.32. The van der Waals surface area contributed by atoms with Gasteiger partial charge in [0.05, 0.1) is 7.11 Å². The summed E-state index contributed by atoms with van der Waals surface area (Å²) in [6, 6.07) is 1.47. The Bertz CT molecular complexity index is 391. The molecule has 7 heteroatoms. The van der Waals surface area contributed by atoms with Crippen LogP contribution in [0.2, 0.25) is 5.15 Å². The van der Waals surface area contributed by atoms with Crippen molar-refractivity contribution in [1.29, 1.82) is 0 Å². The van der Waals surface area contributed by atoms with E-state index in [1.807, 2.05) is 0 Å². The number of anilines is 1. The lowest BCUT2D eigenvalue weighted by atomic mass is 10.5. The predicted octanol–water partition coefficient (Wildman–Crippen LogP) is 1.53. The van der Waals surface area contributed by atoms with Crippen LogP contribution in [-0.4, -0.2) is 28.8 Å². The fourth-order valence-corrected chi connectivity index (χ4v) is 1.73. The number of nitrogens with zero attached hydrogens (tertiary/aromatic N) is 2. The normalized spacial score (nSPS) is 10.6. The highest BCUT2D eigenvalue weighted by Crippen LogP contribution is 2.17. The van der Waals surface area contributed by atoms with Crippen molar-refractivity contribution < 1.29 is 9.53 Å².